The predicted molar refractivity (Wildman–Crippen MR) is 122 cm³/mol. The Labute approximate surface area is 201 Å². The minimum absolute atomic E-state index is 0.0886. The second-order valence-corrected chi connectivity index (χ2v) is 10.6. The van der Waals surface area contributed by atoms with Gasteiger partial charge >= 0.3 is 5.97 Å². The van der Waals surface area contributed by atoms with Gasteiger partial charge in [-0.2, -0.15) is 0 Å². The maximum absolute atomic E-state index is 12.6. The summed E-state index contributed by atoms with van der Waals surface area (Å²) in [6, 6.07) is 0. The molecule has 10 nitrogen and oxygen atoms in total. The number of hydroxylamine groups is 1. The standard InChI is InChI=1S/C24H42N2O8/c27-19-6-5-17(18(9-19)14-34-32)13-33-26-12-16-3-1-15(2-4-16)11-25-23(29)21-8-7-20(28)10-22(21)24(30)31/h15-22,26-28,32H,1-14H2,(H,25,29)(H,30,31). The van der Waals surface area contributed by atoms with E-state index in [0.29, 0.717) is 44.2 Å². The van der Waals surface area contributed by atoms with Crippen molar-refractivity contribution < 1.29 is 39.9 Å². The summed E-state index contributed by atoms with van der Waals surface area (Å²) in [5, 5.41) is 40.7. The van der Waals surface area contributed by atoms with Crippen molar-refractivity contribution in [2.24, 2.45) is 35.5 Å². The van der Waals surface area contributed by atoms with Crippen molar-refractivity contribution in [3.63, 3.8) is 0 Å². The highest BCUT2D eigenvalue weighted by Crippen LogP contribution is 2.33. The molecule has 3 fully saturated rings. The number of aliphatic hydroxyl groups excluding tert-OH is 2. The molecular weight excluding hydrogens is 444 g/mol. The number of carbonyl (C=O) groups excluding carboxylic acids is 1. The molecule has 0 heterocycles. The molecule has 1 amide bonds. The molecule has 0 aliphatic heterocycles. The highest BCUT2D eigenvalue weighted by molar-refractivity contribution is 5.84. The number of aliphatic carboxylic acids is 1. The zero-order valence-electron chi connectivity index (χ0n) is 19.9. The summed E-state index contributed by atoms with van der Waals surface area (Å²) in [5.74, 6) is -1.34. The molecule has 3 aliphatic carbocycles. The van der Waals surface area contributed by atoms with Gasteiger partial charge in [-0.25, -0.2) is 10.4 Å². The van der Waals surface area contributed by atoms with Gasteiger partial charge in [-0.1, -0.05) is 0 Å². The van der Waals surface area contributed by atoms with Crippen LogP contribution in [0.2, 0.25) is 0 Å². The van der Waals surface area contributed by atoms with Crippen molar-refractivity contribution in [1.82, 2.24) is 10.8 Å². The maximum atomic E-state index is 12.6. The molecule has 10 heteroatoms. The average Bonchev–Trinajstić information content (AvgIpc) is 2.82. The van der Waals surface area contributed by atoms with Gasteiger partial charge < -0.3 is 25.5 Å². The lowest BCUT2D eigenvalue weighted by atomic mass is 9.77. The fraction of sp³-hybridized carbons (Fsp3) is 0.917. The molecule has 34 heavy (non-hydrogen) atoms. The minimum Gasteiger partial charge on any atom is -0.481 e. The molecule has 196 valence electrons. The van der Waals surface area contributed by atoms with Crippen molar-refractivity contribution in [3.8, 4) is 0 Å². The van der Waals surface area contributed by atoms with Gasteiger partial charge in [0.25, 0.3) is 0 Å². The summed E-state index contributed by atoms with van der Waals surface area (Å²) in [7, 11) is 0. The molecule has 0 aromatic heterocycles. The van der Waals surface area contributed by atoms with Crippen LogP contribution in [0.25, 0.3) is 0 Å². The summed E-state index contributed by atoms with van der Waals surface area (Å²) in [5.41, 5.74) is 3.09. The Bertz CT molecular complexity index is 642. The van der Waals surface area contributed by atoms with Crippen LogP contribution in [0.4, 0.5) is 0 Å². The largest absolute Gasteiger partial charge is 0.481 e. The van der Waals surface area contributed by atoms with Gasteiger partial charge in [0.05, 0.1) is 37.3 Å². The number of carboxylic acids is 1. The number of carboxylic acid groups (broad SMARTS) is 1. The summed E-state index contributed by atoms with van der Waals surface area (Å²) in [4.78, 5) is 34.1. The van der Waals surface area contributed by atoms with Crippen molar-refractivity contribution in [2.45, 2.75) is 76.4 Å². The number of hydrogen-bond donors (Lipinski definition) is 6. The van der Waals surface area contributed by atoms with Crippen LogP contribution < -0.4 is 10.8 Å². The zero-order chi connectivity index (χ0) is 24.5. The fourth-order valence-corrected chi connectivity index (χ4v) is 5.91. The van der Waals surface area contributed by atoms with E-state index in [1.54, 1.807) is 0 Å². The molecule has 6 atom stereocenters. The average molecular weight is 487 g/mol. The first-order chi connectivity index (χ1) is 16.4. The van der Waals surface area contributed by atoms with Gasteiger partial charge in [-0.15, -0.1) is 0 Å². The van der Waals surface area contributed by atoms with Gasteiger partial charge in [0.1, 0.15) is 0 Å². The number of hydrogen-bond acceptors (Lipinski definition) is 8. The van der Waals surface area contributed by atoms with E-state index >= 15 is 0 Å². The molecule has 0 radical (unpaired) electrons. The Hall–Kier alpha value is -1.30. The van der Waals surface area contributed by atoms with Gasteiger partial charge in [-0.3, -0.25) is 14.8 Å². The van der Waals surface area contributed by atoms with Gasteiger partial charge in [0.15, 0.2) is 0 Å². The third kappa shape index (κ3) is 8.13. The topological polar surface area (TPSA) is 158 Å². The van der Waals surface area contributed by atoms with E-state index in [1.165, 1.54) is 0 Å². The van der Waals surface area contributed by atoms with Crippen LogP contribution >= 0.6 is 0 Å². The lowest BCUT2D eigenvalue weighted by Gasteiger charge is -2.33. The molecule has 0 aromatic carbocycles. The quantitative estimate of drug-likeness (QED) is 0.145. The molecule has 6 unspecified atom stereocenters. The van der Waals surface area contributed by atoms with E-state index in [4.69, 9.17) is 10.1 Å². The van der Waals surface area contributed by atoms with Gasteiger partial charge in [0.2, 0.25) is 5.91 Å². The Morgan fingerprint density at radius 3 is 2.09 bits per heavy atom. The van der Waals surface area contributed by atoms with Crippen LogP contribution in [0.3, 0.4) is 0 Å². The van der Waals surface area contributed by atoms with Crippen LogP contribution in [0.15, 0.2) is 0 Å². The van der Waals surface area contributed by atoms with Crippen LogP contribution in [-0.4, -0.2) is 71.0 Å². The second-order valence-electron chi connectivity index (χ2n) is 10.6. The first-order valence-electron chi connectivity index (χ1n) is 12.8. The highest BCUT2D eigenvalue weighted by atomic mass is 17.1. The Kier molecular flexibility index (Phi) is 11.0. The lowest BCUT2D eigenvalue weighted by molar-refractivity contribution is -0.258. The van der Waals surface area contributed by atoms with Crippen LogP contribution in [-0.2, 0) is 19.3 Å². The first-order valence-corrected chi connectivity index (χ1v) is 12.8. The number of aliphatic hydroxyl groups is 2. The molecule has 3 rings (SSSR count). The molecule has 0 bridgehead atoms. The molecule has 0 aromatic rings. The number of rotatable bonds is 11. The van der Waals surface area contributed by atoms with E-state index in [1.807, 2.05) is 0 Å². The van der Waals surface area contributed by atoms with Crippen LogP contribution in [0.1, 0.15) is 64.2 Å². The second kappa shape index (κ2) is 13.7. The molecule has 6 N–H and O–H groups in total. The number of carbonyl (C=O) groups is 2. The minimum atomic E-state index is -1.01. The van der Waals surface area contributed by atoms with E-state index in [-0.39, 0.29) is 36.9 Å². The van der Waals surface area contributed by atoms with E-state index < -0.39 is 23.9 Å². The van der Waals surface area contributed by atoms with E-state index in [2.05, 4.69) is 15.7 Å². The maximum Gasteiger partial charge on any atom is 0.307 e. The summed E-state index contributed by atoms with van der Waals surface area (Å²) >= 11 is 0. The normalized spacial score (nSPS) is 36.7. The van der Waals surface area contributed by atoms with Crippen LogP contribution in [0.5, 0.6) is 0 Å². The summed E-state index contributed by atoms with van der Waals surface area (Å²) in [6.45, 7) is 2.08. The van der Waals surface area contributed by atoms with E-state index in [0.717, 1.165) is 45.1 Å². The van der Waals surface area contributed by atoms with Crippen molar-refractivity contribution in [3.05, 3.63) is 0 Å². The Morgan fingerprint density at radius 1 is 0.765 bits per heavy atom. The third-order valence-corrected chi connectivity index (χ3v) is 8.18. The fourth-order valence-electron chi connectivity index (χ4n) is 5.91. The van der Waals surface area contributed by atoms with E-state index in [9.17, 15) is 24.9 Å². The zero-order valence-corrected chi connectivity index (χ0v) is 19.9. The smallest absolute Gasteiger partial charge is 0.307 e. The first kappa shape index (κ1) is 27.3. The van der Waals surface area contributed by atoms with Crippen molar-refractivity contribution >= 4 is 11.9 Å². The molecule has 0 spiro atoms. The number of nitrogens with one attached hydrogen (secondary N) is 2. The molecule has 0 saturated heterocycles. The van der Waals surface area contributed by atoms with Crippen molar-refractivity contribution in [1.29, 1.82) is 0 Å². The van der Waals surface area contributed by atoms with Crippen LogP contribution in [0, 0.1) is 35.5 Å². The number of amides is 1. The van der Waals surface area contributed by atoms with Crippen molar-refractivity contribution in [2.75, 3.05) is 26.3 Å². The third-order valence-electron chi connectivity index (χ3n) is 8.18. The Balaban J connectivity index is 1.29. The molecular formula is C24H42N2O8. The SMILES string of the molecule is O=C(O)C1CC(O)CCC1C(=O)NCC1CCC(CNOCC2CCC(O)CC2COO)CC1. The monoisotopic (exact) mass is 486 g/mol. The predicted octanol–water partition coefficient (Wildman–Crippen LogP) is 1.56. The summed E-state index contributed by atoms with van der Waals surface area (Å²) in [6.07, 6.45) is 6.38. The summed E-state index contributed by atoms with van der Waals surface area (Å²) < 4.78 is 0. The Morgan fingerprint density at radius 2 is 1.41 bits per heavy atom. The van der Waals surface area contributed by atoms with Gasteiger partial charge in [0, 0.05) is 13.1 Å². The van der Waals surface area contributed by atoms with Gasteiger partial charge in [-0.05, 0) is 87.9 Å². The lowest BCUT2D eigenvalue weighted by Crippen LogP contribution is -2.44. The molecule has 3 aliphatic rings. The molecule has 3 saturated carbocycles. The highest BCUT2D eigenvalue weighted by Gasteiger charge is 2.39.